The number of rotatable bonds is 6. The number of nitrogens with one attached hydrogen (secondary N) is 1. The summed E-state index contributed by atoms with van der Waals surface area (Å²) in [4.78, 5) is 12.3. The van der Waals surface area contributed by atoms with Crippen molar-refractivity contribution in [2.75, 3.05) is 0 Å². The second-order valence-electron chi connectivity index (χ2n) is 7.18. The number of carbonyl (C=O) groups excluding carboxylic acids is 1. The van der Waals surface area contributed by atoms with Gasteiger partial charge in [-0.3, -0.25) is 4.79 Å². The van der Waals surface area contributed by atoms with E-state index in [0.29, 0.717) is 22.9 Å². The fourth-order valence-corrected chi connectivity index (χ4v) is 3.33. The summed E-state index contributed by atoms with van der Waals surface area (Å²) in [5.74, 6) is 0.388. The molecule has 0 radical (unpaired) electrons. The van der Waals surface area contributed by atoms with Crippen molar-refractivity contribution in [3.05, 3.63) is 112 Å². The number of hydrogen-bond acceptors (Lipinski definition) is 3. The second kappa shape index (κ2) is 9.45. The van der Waals surface area contributed by atoms with Crippen molar-refractivity contribution >= 4 is 34.5 Å². The Balaban J connectivity index is 1.57. The molecule has 4 rings (SSSR count). The van der Waals surface area contributed by atoms with Gasteiger partial charge in [-0.15, -0.1) is 0 Å². The first kappa shape index (κ1) is 20.6. The Labute approximate surface area is 186 Å². The zero-order chi connectivity index (χ0) is 21.6. The number of carbonyl (C=O) groups is 1. The molecule has 1 amide bonds. The van der Waals surface area contributed by atoms with Gasteiger partial charge in [0.25, 0.3) is 5.91 Å². The molecule has 0 saturated heterocycles. The molecule has 5 heteroatoms. The Hall–Kier alpha value is -3.63. The van der Waals surface area contributed by atoms with Crippen molar-refractivity contribution < 1.29 is 9.53 Å². The first-order valence-corrected chi connectivity index (χ1v) is 10.3. The van der Waals surface area contributed by atoms with Crippen LogP contribution in [0.25, 0.3) is 10.8 Å². The molecule has 0 aliphatic heterocycles. The maximum Gasteiger partial charge on any atom is 0.271 e. The molecule has 0 aliphatic carbocycles. The second-order valence-corrected chi connectivity index (χ2v) is 7.62. The quantitative estimate of drug-likeness (QED) is 0.296. The van der Waals surface area contributed by atoms with Gasteiger partial charge in [0, 0.05) is 16.1 Å². The third-order valence-corrected chi connectivity index (χ3v) is 5.16. The molecule has 0 saturated carbocycles. The van der Waals surface area contributed by atoms with Crippen LogP contribution < -0.4 is 10.2 Å². The lowest BCUT2D eigenvalue weighted by Crippen LogP contribution is -2.17. The molecule has 0 fully saturated rings. The van der Waals surface area contributed by atoms with Crippen LogP contribution in [-0.2, 0) is 6.61 Å². The topological polar surface area (TPSA) is 50.7 Å². The van der Waals surface area contributed by atoms with Crippen LogP contribution in [0.15, 0.2) is 90.0 Å². The van der Waals surface area contributed by atoms with E-state index in [2.05, 4.69) is 41.7 Å². The van der Waals surface area contributed by atoms with Crippen molar-refractivity contribution in [2.24, 2.45) is 5.10 Å². The van der Waals surface area contributed by atoms with E-state index in [9.17, 15) is 4.79 Å². The number of nitrogens with zero attached hydrogens (tertiary/aromatic N) is 1. The van der Waals surface area contributed by atoms with Crippen LogP contribution >= 0.6 is 11.6 Å². The summed E-state index contributed by atoms with van der Waals surface area (Å²) in [5, 5.41) is 6.81. The first-order chi connectivity index (χ1) is 15.1. The average Bonchev–Trinajstić information content (AvgIpc) is 2.79. The highest BCUT2D eigenvalue weighted by Gasteiger charge is 2.09. The van der Waals surface area contributed by atoms with Gasteiger partial charge in [-0.2, -0.15) is 5.10 Å². The van der Waals surface area contributed by atoms with Gasteiger partial charge < -0.3 is 4.74 Å². The molecule has 0 unspecified atom stereocenters. The summed E-state index contributed by atoms with van der Waals surface area (Å²) in [6.45, 7) is 2.50. The lowest BCUT2D eigenvalue weighted by molar-refractivity contribution is 0.0955. The van der Waals surface area contributed by atoms with Crippen LogP contribution in [-0.4, -0.2) is 12.1 Å². The number of aryl methyl sites for hydroxylation is 1. The van der Waals surface area contributed by atoms with Crippen molar-refractivity contribution in [2.45, 2.75) is 13.5 Å². The average molecular weight is 429 g/mol. The van der Waals surface area contributed by atoms with Gasteiger partial charge in [0.2, 0.25) is 0 Å². The monoisotopic (exact) mass is 428 g/mol. The van der Waals surface area contributed by atoms with E-state index in [1.807, 2.05) is 36.4 Å². The fraction of sp³-hybridized carbons (Fsp3) is 0.0769. The van der Waals surface area contributed by atoms with E-state index in [0.717, 1.165) is 21.9 Å². The van der Waals surface area contributed by atoms with Crippen LogP contribution in [0.3, 0.4) is 0 Å². The molecule has 1 N–H and O–H groups in total. The van der Waals surface area contributed by atoms with E-state index >= 15 is 0 Å². The van der Waals surface area contributed by atoms with Crippen molar-refractivity contribution in [1.82, 2.24) is 5.43 Å². The number of benzene rings is 4. The minimum absolute atomic E-state index is 0.310. The molecule has 4 aromatic rings. The summed E-state index contributed by atoms with van der Waals surface area (Å²) in [6.07, 6.45) is 1.63. The summed E-state index contributed by atoms with van der Waals surface area (Å²) in [6, 6.07) is 26.8. The highest BCUT2D eigenvalue weighted by Crippen LogP contribution is 2.27. The van der Waals surface area contributed by atoms with Crippen LogP contribution in [0, 0.1) is 6.92 Å². The number of fused-ring (bicyclic) bond motifs is 1. The Morgan fingerprint density at radius 1 is 0.968 bits per heavy atom. The third kappa shape index (κ3) is 5.11. The van der Waals surface area contributed by atoms with Gasteiger partial charge in [0.05, 0.1) is 6.21 Å². The fourth-order valence-electron chi connectivity index (χ4n) is 3.20. The standard InChI is InChI=1S/C26H21ClN2O2/c1-18-6-8-19(9-7-18)17-31-25-15-12-20-4-2-3-5-23(20)24(25)16-28-29-26(30)21-10-13-22(27)14-11-21/h2-16H,17H2,1H3,(H,29,30)/b28-16-. The summed E-state index contributed by atoms with van der Waals surface area (Å²) in [7, 11) is 0. The Morgan fingerprint density at radius 3 is 2.48 bits per heavy atom. The molecule has 0 bridgehead atoms. The molecule has 4 aromatic carbocycles. The van der Waals surface area contributed by atoms with Crippen LogP contribution in [0.1, 0.15) is 27.0 Å². The first-order valence-electron chi connectivity index (χ1n) is 9.89. The number of hydrazone groups is 1. The summed E-state index contributed by atoms with van der Waals surface area (Å²) in [5.41, 5.74) is 6.15. The van der Waals surface area contributed by atoms with Gasteiger partial charge >= 0.3 is 0 Å². The van der Waals surface area contributed by atoms with E-state index < -0.39 is 0 Å². The van der Waals surface area contributed by atoms with Crippen molar-refractivity contribution in [1.29, 1.82) is 0 Å². The Morgan fingerprint density at radius 2 is 1.71 bits per heavy atom. The number of ether oxygens (including phenoxy) is 1. The van der Waals surface area contributed by atoms with Gasteiger partial charge in [-0.25, -0.2) is 5.43 Å². The van der Waals surface area contributed by atoms with Gasteiger partial charge in [0.1, 0.15) is 12.4 Å². The third-order valence-electron chi connectivity index (χ3n) is 4.91. The van der Waals surface area contributed by atoms with Gasteiger partial charge in [-0.1, -0.05) is 71.8 Å². The predicted octanol–water partition coefficient (Wildman–Crippen LogP) is 6.14. The molecule has 31 heavy (non-hydrogen) atoms. The SMILES string of the molecule is Cc1ccc(COc2ccc3ccccc3c2/C=N\NC(=O)c2ccc(Cl)cc2)cc1. The van der Waals surface area contributed by atoms with Gasteiger partial charge in [0.15, 0.2) is 0 Å². The van der Waals surface area contributed by atoms with Crippen molar-refractivity contribution in [3.8, 4) is 5.75 Å². The zero-order valence-electron chi connectivity index (χ0n) is 17.0. The molecule has 0 atom stereocenters. The van der Waals surface area contributed by atoms with Crippen LogP contribution in [0.2, 0.25) is 5.02 Å². The van der Waals surface area contributed by atoms with Crippen LogP contribution in [0.5, 0.6) is 5.75 Å². The minimum Gasteiger partial charge on any atom is -0.488 e. The lowest BCUT2D eigenvalue weighted by atomic mass is 10.0. The van der Waals surface area contributed by atoms with E-state index in [1.54, 1.807) is 30.5 Å². The van der Waals surface area contributed by atoms with E-state index in [-0.39, 0.29) is 5.91 Å². The summed E-state index contributed by atoms with van der Waals surface area (Å²) < 4.78 is 6.11. The summed E-state index contributed by atoms with van der Waals surface area (Å²) >= 11 is 5.88. The highest BCUT2D eigenvalue weighted by atomic mass is 35.5. The molecule has 4 nitrogen and oxygen atoms in total. The molecule has 0 spiro atoms. The minimum atomic E-state index is -0.310. The zero-order valence-corrected chi connectivity index (χ0v) is 17.8. The van der Waals surface area contributed by atoms with Crippen molar-refractivity contribution in [3.63, 3.8) is 0 Å². The number of amides is 1. The maximum atomic E-state index is 12.3. The maximum absolute atomic E-state index is 12.3. The van der Waals surface area contributed by atoms with Gasteiger partial charge in [-0.05, 0) is 53.6 Å². The molecule has 0 heterocycles. The lowest BCUT2D eigenvalue weighted by Gasteiger charge is -2.12. The Kier molecular flexibility index (Phi) is 6.29. The predicted molar refractivity (Wildman–Crippen MR) is 126 cm³/mol. The Bertz CT molecular complexity index is 1230. The van der Waals surface area contributed by atoms with Crippen LogP contribution in [0.4, 0.5) is 0 Å². The van der Waals surface area contributed by atoms with E-state index in [1.165, 1.54) is 5.56 Å². The largest absolute Gasteiger partial charge is 0.488 e. The molecular weight excluding hydrogens is 408 g/mol. The molecule has 0 aromatic heterocycles. The highest BCUT2D eigenvalue weighted by molar-refractivity contribution is 6.30. The molecule has 154 valence electrons. The normalized spacial score (nSPS) is 11.0. The number of halogens is 1. The molecular formula is C26H21ClN2O2. The smallest absolute Gasteiger partial charge is 0.271 e. The molecule has 0 aliphatic rings. The van der Waals surface area contributed by atoms with E-state index in [4.69, 9.17) is 16.3 Å². The number of hydrogen-bond donors (Lipinski definition) is 1.